The lowest BCUT2D eigenvalue weighted by atomic mass is 10.1. The van der Waals surface area contributed by atoms with Crippen LogP contribution in [0.15, 0.2) is 12.2 Å². The van der Waals surface area contributed by atoms with Crippen molar-refractivity contribution >= 4 is 25.7 Å². The molecular formula is C33H62NO10P. The summed E-state index contributed by atoms with van der Waals surface area (Å²) in [5.41, 5.74) is 0. The van der Waals surface area contributed by atoms with Gasteiger partial charge in [-0.15, -0.1) is 0 Å². The molecule has 0 aliphatic carbocycles. The molecule has 1 amide bonds. The Balaban J connectivity index is 3.86. The van der Waals surface area contributed by atoms with Gasteiger partial charge in [-0.3, -0.25) is 18.6 Å². The van der Waals surface area contributed by atoms with Crippen LogP contribution in [0.25, 0.3) is 0 Å². The van der Waals surface area contributed by atoms with Crippen molar-refractivity contribution in [1.29, 1.82) is 0 Å². The Morgan fingerprint density at radius 2 is 1.16 bits per heavy atom. The zero-order valence-corrected chi connectivity index (χ0v) is 28.8. The summed E-state index contributed by atoms with van der Waals surface area (Å²) in [5.74, 6) is -2.40. The van der Waals surface area contributed by atoms with E-state index in [9.17, 15) is 34.1 Å². The molecule has 3 atom stereocenters. The highest BCUT2D eigenvalue weighted by molar-refractivity contribution is 7.47. The van der Waals surface area contributed by atoms with Crippen molar-refractivity contribution in [2.24, 2.45) is 0 Å². The number of carboxylic acid groups (broad SMARTS) is 1. The number of phosphoric acid groups is 1. The number of esters is 1. The molecule has 0 saturated carbocycles. The standard InChI is InChI=1S/C33H62NO10P/c1-3-5-7-9-10-11-12-13-14-15-16-17-18-19-20-21-23-25-32(37)42-26-29(35)27-43-45(40,41)44-28-30(33(38)39)34-31(36)24-22-8-6-4-2/h13-14,29-30,35H,3-12,15-28H2,1-2H3,(H,34,36)(H,38,39)(H,40,41)/b14-13-. The maximum Gasteiger partial charge on any atom is 0.472 e. The second-order valence-corrected chi connectivity index (χ2v) is 13.2. The van der Waals surface area contributed by atoms with Gasteiger partial charge in [-0.1, -0.05) is 109 Å². The van der Waals surface area contributed by atoms with E-state index in [1.54, 1.807) is 0 Å². The van der Waals surface area contributed by atoms with Crippen LogP contribution >= 0.6 is 7.82 Å². The molecule has 4 N–H and O–H groups in total. The van der Waals surface area contributed by atoms with E-state index in [2.05, 4.69) is 33.4 Å². The van der Waals surface area contributed by atoms with Gasteiger partial charge in [0.05, 0.1) is 13.2 Å². The summed E-state index contributed by atoms with van der Waals surface area (Å²) in [6.45, 7) is 2.38. The molecule has 0 bridgehead atoms. The molecule has 11 nitrogen and oxygen atoms in total. The number of carbonyl (C=O) groups is 3. The molecular weight excluding hydrogens is 601 g/mol. The van der Waals surface area contributed by atoms with E-state index >= 15 is 0 Å². The van der Waals surface area contributed by atoms with E-state index in [1.807, 2.05) is 6.92 Å². The number of aliphatic hydroxyl groups excluding tert-OH is 1. The predicted molar refractivity (Wildman–Crippen MR) is 176 cm³/mol. The summed E-state index contributed by atoms with van der Waals surface area (Å²) >= 11 is 0. The molecule has 0 aliphatic heterocycles. The second-order valence-electron chi connectivity index (χ2n) is 11.7. The number of carboxylic acids is 1. The number of aliphatic hydroxyl groups is 1. The fraction of sp³-hybridized carbons (Fsp3) is 0.848. The summed E-state index contributed by atoms with van der Waals surface area (Å²) in [6, 6.07) is -1.54. The first-order chi connectivity index (χ1) is 21.6. The van der Waals surface area contributed by atoms with Crippen LogP contribution in [0.1, 0.15) is 149 Å². The van der Waals surface area contributed by atoms with Gasteiger partial charge in [0.1, 0.15) is 12.7 Å². The van der Waals surface area contributed by atoms with E-state index in [4.69, 9.17) is 4.74 Å². The predicted octanol–water partition coefficient (Wildman–Crippen LogP) is 7.38. The highest BCUT2D eigenvalue weighted by Crippen LogP contribution is 2.43. The fourth-order valence-electron chi connectivity index (χ4n) is 4.54. The minimum atomic E-state index is -4.73. The Morgan fingerprint density at radius 3 is 1.71 bits per heavy atom. The van der Waals surface area contributed by atoms with Crippen molar-refractivity contribution in [3.63, 3.8) is 0 Å². The lowest BCUT2D eigenvalue weighted by Gasteiger charge is -2.18. The van der Waals surface area contributed by atoms with E-state index in [-0.39, 0.29) is 12.8 Å². The van der Waals surface area contributed by atoms with Crippen LogP contribution in [0.4, 0.5) is 0 Å². The fourth-order valence-corrected chi connectivity index (χ4v) is 5.32. The van der Waals surface area contributed by atoms with Crippen molar-refractivity contribution in [3.8, 4) is 0 Å². The minimum Gasteiger partial charge on any atom is -0.480 e. The molecule has 0 saturated heterocycles. The van der Waals surface area contributed by atoms with Gasteiger partial charge >= 0.3 is 19.8 Å². The number of nitrogens with one attached hydrogen (secondary N) is 1. The zero-order chi connectivity index (χ0) is 33.6. The molecule has 0 rings (SSSR count). The summed E-state index contributed by atoms with van der Waals surface area (Å²) < 4.78 is 26.5. The lowest BCUT2D eigenvalue weighted by Crippen LogP contribution is -2.43. The van der Waals surface area contributed by atoms with Crippen molar-refractivity contribution < 1.29 is 47.8 Å². The molecule has 3 unspecified atom stereocenters. The van der Waals surface area contributed by atoms with Gasteiger partial charge in [0.15, 0.2) is 6.04 Å². The molecule has 0 spiro atoms. The van der Waals surface area contributed by atoms with E-state index in [1.165, 1.54) is 64.2 Å². The van der Waals surface area contributed by atoms with E-state index in [0.29, 0.717) is 12.8 Å². The number of carbonyl (C=O) groups excluding carboxylic acids is 2. The van der Waals surface area contributed by atoms with E-state index in [0.717, 1.165) is 44.9 Å². The van der Waals surface area contributed by atoms with Gasteiger partial charge in [0.25, 0.3) is 0 Å². The highest BCUT2D eigenvalue weighted by atomic mass is 31.2. The van der Waals surface area contributed by atoms with Gasteiger partial charge in [0, 0.05) is 12.8 Å². The maximum absolute atomic E-state index is 12.1. The smallest absolute Gasteiger partial charge is 0.472 e. The summed E-state index contributed by atoms with van der Waals surface area (Å²) in [5, 5.41) is 21.5. The third-order valence-corrected chi connectivity index (χ3v) is 8.26. The van der Waals surface area contributed by atoms with Gasteiger partial charge < -0.3 is 25.2 Å². The highest BCUT2D eigenvalue weighted by Gasteiger charge is 2.28. The Kier molecular flexibility index (Phi) is 28.4. The Morgan fingerprint density at radius 1 is 0.689 bits per heavy atom. The number of hydrogen-bond acceptors (Lipinski definition) is 8. The molecule has 12 heteroatoms. The summed E-state index contributed by atoms with van der Waals surface area (Å²) in [4.78, 5) is 45.1. The number of aliphatic carboxylic acids is 1. The largest absolute Gasteiger partial charge is 0.480 e. The van der Waals surface area contributed by atoms with Crippen LogP contribution in [0.2, 0.25) is 0 Å². The molecule has 0 aliphatic rings. The molecule has 0 fully saturated rings. The van der Waals surface area contributed by atoms with Gasteiger partial charge in [-0.05, 0) is 38.5 Å². The number of hydrogen-bond donors (Lipinski definition) is 4. The molecule has 45 heavy (non-hydrogen) atoms. The maximum atomic E-state index is 12.1. The van der Waals surface area contributed by atoms with Gasteiger partial charge in [-0.25, -0.2) is 9.36 Å². The van der Waals surface area contributed by atoms with Crippen LogP contribution in [0.3, 0.4) is 0 Å². The molecule has 0 aromatic heterocycles. The summed E-state index contributed by atoms with van der Waals surface area (Å²) in [7, 11) is -4.73. The van der Waals surface area contributed by atoms with Crippen LogP contribution in [-0.2, 0) is 32.7 Å². The van der Waals surface area contributed by atoms with E-state index < -0.39 is 57.6 Å². The molecule has 0 heterocycles. The number of rotatable bonds is 32. The molecule has 264 valence electrons. The van der Waals surface area contributed by atoms with Crippen LogP contribution in [0, 0.1) is 0 Å². The first-order valence-electron chi connectivity index (χ1n) is 17.2. The molecule has 0 radical (unpaired) electrons. The second kappa shape index (κ2) is 29.6. The number of amides is 1. The number of unbranched alkanes of at least 4 members (excludes halogenated alkanes) is 16. The SMILES string of the molecule is CCCCCCCC/C=C\CCCCCCCCCC(=O)OCC(O)COP(=O)(O)OCC(NC(=O)CCCCCC)C(=O)O. The Hall–Kier alpha value is -1.78. The van der Waals surface area contributed by atoms with Crippen LogP contribution in [-0.4, -0.2) is 64.9 Å². The number of allylic oxidation sites excluding steroid dienone is 2. The van der Waals surface area contributed by atoms with Crippen molar-refractivity contribution in [1.82, 2.24) is 5.32 Å². The average molecular weight is 664 g/mol. The average Bonchev–Trinajstić information content (AvgIpc) is 3.00. The van der Waals surface area contributed by atoms with Gasteiger partial charge in [0.2, 0.25) is 5.91 Å². The monoisotopic (exact) mass is 663 g/mol. The van der Waals surface area contributed by atoms with Crippen LogP contribution < -0.4 is 5.32 Å². The van der Waals surface area contributed by atoms with Gasteiger partial charge in [-0.2, -0.15) is 0 Å². The first-order valence-corrected chi connectivity index (χ1v) is 18.7. The normalized spacial score (nSPS) is 14.2. The number of phosphoric ester groups is 1. The number of ether oxygens (including phenoxy) is 1. The van der Waals surface area contributed by atoms with Crippen molar-refractivity contribution in [3.05, 3.63) is 12.2 Å². The Bertz CT molecular complexity index is 838. The molecule has 0 aromatic carbocycles. The molecule has 0 aromatic rings. The minimum absolute atomic E-state index is 0.139. The third-order valence-electron chi connectivity index (χ3n) is 7.30. The lowest BCUT2D eigenvalue weighted by molar-refractivity contribution is -0.147. The van der Waals surface area contributed by atoms with Crippen molar-refractivity contribution in [2.45, 2.75) is 161 Å². The third kappa shape index (κ3) is 29.4. The van der Waals surface area contributed by atoms with Crippen molar-refractivity contribution in [2.75, 3.05) is 19.8 Å². The zero-order valence-electron chi connectivity index (χ0n) is 27.9. The Labute approximate surface area is 271 Å². The summed E-state index contributed by atoms with van der Waals surface area (Å²) in [6.07, 6.45) is 24.8. The topological polar surface area (TPSA) is 169 Å². The quantitative estimate of drug-likeness (QED) is 0.0247. The first kappa shape index (κ1) is 43.2. The van der Waals surface area contributed by atoms with Crippen LogP contribution in [0.5, 0.6) is 0 Å².